The van der Waals surface area contributed by atoms with E-state index in [4.69, 9.17) is 9.26 Å². The molecular weight excluding hydrogens is 452 g/mol. The molecule has 4 aromatic rings. The Kier molecular flexibility index (Phi) is 5.67. The standard InChI is InChI=1S/C26H22N2O5S/c1-34(30,31)21-12-10-17(11-13-21)22-9-5-8-19-14-20(32-25(19)22)16-27-26(29)24-15-23(28-33-24)18-6-3-2-4-7-18/h2-13,15,20H,14,16H2,1H3,(H,27,29)/t20-/m1/s1. The summed E-state index contributed by atoms with van der Waals surface area (Å²) in [6.45, 7) is 0.307. The van der Waals surface area contributed by atoms with Crippen molar-refractivity contribution in [1.82, 2.24) is 10.5 Å². The molecule has 1 aliphatic rings. The lowest BCUT2D eigenvalue weighted by Gasteiger charge is -2.13. The van der Waals surface area contributed by atoms with Crippen molar-refractivity contribution in [2.24, 2.45) is 0 Å². The number of carbonyl (C=O) groups excluding carboxylic acids is 1. The monoisotopic (exact) mass is 474 g/mol. The summed E-state index contributed by atoms with van der Waals surface area (Å²) >= 11 is 0. The van der Waals surface area contributed by atoms with Gasteiger partial charge in [-0.05, 0) is 23.3 Å². The molecule has 0 bridgehead atoms. The summed E-state index contributed by atoms with van der Waals surface area (Å²) in [7, 11) is -3.26. The van der Waals surface area contributed by atoms with E-state index in [1.54, 1.807) is 30.3 Å². The Hall–Kier alpha value is -3.91. The van der Waals surface area contributed by atoms with Gasteiger partial charge in [-0.2, -0.15) is 0 Å². The van der Waals surface area contributed by atoms with E-state index in [0.717, 1.165) is 28.0 Å². The summed E-state index contributed by atoms with van der Waals surface area (Å²) in [4.78, 5) is 12.8. The molecule has 0 unspecified atom stereocenters. The van der Waals surface area contributed by atoms with Crippen molar-refractivity contribution in [1.29, 1.82) is 0 Å². The number of para-hydroxylation sites is 1. The van der Waals surface area contributed by atoms with Crippen LogP contribution in [0, 0.1) is 0 Å². The molecule has 0 spiro atoms. The van der Waals surface area contributed by atoms with E-state index >= 15 is 0 Å². The quantitative estimate of drug-likeness (QED) is 0.451. The topological polar surface area (TPSA) is 98.5 Å². The molecule has 1 amide bonds. The first-order valence-electron chi connectivity index (χ1n) is 10.8. The highest BCUT2D eigenvalue weighted by atomic mass is 32.2. The minimum Gasteiger partial charge on any atom is -0.487 e. The minimum absolute atomic E-state index is 0.140. The van der Waals surface area contributed by atoms with Crippen LogP contribution in [0.5, 0.6) is 5.75 Å². The molecule has 8 heteroatoms. The first-order chi connectivity index (χ1) is 16.4. The Morgan fingerprint density at radius 1 is 1.00 bits per heavy atom. The zero-order chi connectivity index (χ0) is 23.7. The number of rotatable bonds is 6. The maximum absolute atomic E-state index is 12.6. The second-order valence-electron chi connectivity index (χ2n) is 8.19. The van der Waals surface area contributed by atoms with Crippen LogP contribution < -0.4 is 10.1 Å². The number of hydrogen-bond donors (Lipinski definition) is 1. The molecule has 5 rings (SSSR count). The van der Waals surface area contributed by atoms with Gasteiger partial charge in [0, 0.05) is 29.9 Å². The van der Waals surface area contributed by atoms with Crippen molar-refractivity contribution in [3.63, 3.8) is 0 Å². The smallest absolute Gasteiger partial charge is 0.290 e. The van der Waals surface area contributed by atoms with Crippen LogP contribution in [0.2, 0.25) is 0 Å². The maximum Gasteiger partial charge on any atom is 0.290 e. The van der Waals surface area contributed by atoms with Gasteiger partial charge in [0.15, 0.2) is 9.84 Å². The summed E-state index contributed by atoms with van der Waals surface area (Å²) in [5.41, 5.74) is 4.26. The predicted molar refractivity (Wildman–Crippen MR) is 127 cm³/mol. The molecule has 172 valence electrons. The van der Waals surface area contributed by atoms with Crippen LogP contribution in [-0.2, 0) is 16.3 Å². The van der Waals surface area contributed by atoms with Crippen molar-refractivity contribution in [3.8, 4) is 28.1 Å². The molecule has 0 fully saturated rings. The molecule has 0 aliphatic carbocycles. The van der Waals surface area contributed by atoms with E-state index in [9.17, 15) is 13.2 Å². The Morgan fingerprint density at radius 3 is 2.50 bits per heavy atom. The van der Waals surface area contributed by atoms with Crippen LogP contribution in [0.3, 0.4) is 0 Å². The highest BCUT2D eigenvalue weighted by molar-refractivity contribution is 7.90. The Labute approximate surface area is 197 Å². The largest absolute Gasteiger partial charge is 0.487 e. The molecule has 7 nitrogen and oxygen atoms in total. The third-order valence-corrected chi connectivity index (χ3v) is 6.84. The molecular formula is C26H22N2O5S. The van der Waals surface area contributed by atoms with E-state index in [0.29, 0.717) is 18.7 Å². The molecule has 1 atom stereocenters. The number of fused-ring (bicyclic) bond motifs is 1. The molecule has 34 heavy (non-hydrogen) atoms. The number of sulfone groups is 1. The molecule has 0 saturated carbocycles. The molecule has 1 aromatic heterocycles. The third kappa shape index (κ3) is 4.45. The fourth-order valence-electron chi connectivity index (χ4n) is 3.98. The third-order valence-electron chi connectivity index (χ3n) is 5.72. The Bertz CT molecular complexity index is 1440. The van der Waals surface area contributed by atoms with Gasteiger partial charge >= 0.3 is 0 Å². The fourth-order valence-corrected chi connectivity index (χ4v) is 4.61. The van der Waals surface area contributed by atoms with Gasteiger partial charge in [0.05, 0.1) is 11.4 Å². The Balaban J connectivity index is 1.25. The zero-order valence-electron chi connectivity index (χ0n) is 18.4. The van der Waals surface area contributed by atoms with Gasteiger partial charge in [-0.3, -0.25) is 4.79 Å². The normalized spacial score (nSPS) is 14.9. The van der Waals surface area contributed by atoms with Gasteiger partial charge in [0.25, 0.3) is 5.91 Å². The van der Waals surface area contributed by atoms with Crippen LogP contribution in [0.1, 0.15) is 16.1 Å². The summed E-state index contributed by atoms with van der Waals surface area (Å²) in [6.07, 6.45) is 1.61. The van der Waals surface area contributed by atoms with E-state index in [2.05, 4.69) is 10.5 Å². The van der Waals surface area contributed by atoms with Crippen molar-refractivity contribution in [2.45, 2.75) is 17.4 Å². The Morgan fingerprint density at radius 2 is 1.76 bits per heavy atom. The molecule has 1 aliphatic heterocycles. The lowest BCUT2D eigenvalue weighted by molar-refractivity contribution is 0.0897. The van der Waals surface area contributed by atoms with Crippen LogP contribution in [0.4, 0.5) is 0 Å². The SMILES string of the molecule is CS(=O)(=O)c1ccc(-c2cccc3c2O[C@@H](CNC(=O)c2cc(-c4ccccc4)no2)C3)cc1. The van der Waals surface area contributed by atoms with E-state index in [1.165, 1.54) is 6.26 Å². The van der Waals surface area contributed by atoms with Gasteiger partial charge < -0.3 is 14.6 Å². The van der Waals surface area contributed by atoms with Crippen molar-refractivity contribution >= 4 is 15.7 Å². The van der Waals surface area contributed by atoms with Gasteiger partial charge in [-0.25, -0.2) is 8.42 Å². The number of amides is 1. The van der Waals surface area contributed by atoms with Crippen LogP contribution in [0.15, 0.2) is 88.3 Å². The van der Waals surface area contributed by atoms with E-state index < -0.39 is 9.84 Å². The van der Waals surface area contributed by atoms with Gasteiger partial charge in [0.1, 0.15) is 17.5 Å². The molecule has 0 radical (unpaired) electrons. The van der Waals surface area contributed by atoms with Crippen molar-refractivity contribution in [3.05, 3.63) is 90.2 Å². The summed E-state index contributed by atoms with van der Waals surface area (Å²) in [5, 5.41) is 6.84. The van der Waals surface area contributed by atoms with Gasteiger partial charge in [0.2, 0.25) is 5.76 Å². The first kappa shape index (κ1) is 21.9. The van der Waals surface area contributed by atoms with Crippen molar-refractivity contribution in [2.75, 3.05) is 12.8 Å². The van der Waals surface area contributed by atoms with Gasteiger partial charge in [-0.1, -0.05) is 65.8 Å². The van der Waals surface area contributed by atoms with E-state index in [1.807, 2.05) is 48.5 Å². The molecule has 3 aromatic carbocycles. The summed E-state index contributed by atoms with van der Waals surface area (Å²) in [5.74, 6) is 0.534. The molecule has 2 heterocycles. The number of carbonyl (C=O) groups is 1. The lowest BCUT2D eigenvalue weighted by Crippen LogP contribution is -2.34. The molecule has 1 N–H and O–H groups in total. The van der Waals surface area contributed by atoms with Crippen LogP contribution in [-0.4, -0.2) is 38.4 Å². The lowest BCUT2D eigenvalue weighted by atomic mass is 10.0. The summed E-state index contributed by atoms with van der Waals surface area (Å²) < 4.78 is 34.9. The maximum atomic E-state index is 12.6. The average Bonchev–Trinajstić information content (AvgIpc) is 3.50. The fraction of sp³-hybridized carbons (Fsp3) is 0.154. The number of hydrogen-bond acceptors (Lipinski definition) is 6. The highest BCUT2D eigenvalue weighted by Crippen LogP contribution is 2.39. The first-order valence-corrected chi connectivity index (χ1v) is 12.7. The zero-order valence-corrected chi connectivity index (χ0v) is 19.2. The van der Waals surface area contributed by atoms with Gasteiger partial charge in [-0.15, -0.1) is 0 Å². The predicted octanol–water partition coefficient (Wildman–Crippen LogP) is 4.15. The number of aromatic nitrogens is 1. The number of benzene rings is 3. The second kappa shape index (κ2) is 8.79. The van der Waals surface area contributed by atoms with Crippen LogP contribution >= 0.6 is 0 Å². The number of nitrogens with zero attached hydrogens (tertiary/aromatic N) is 1. The summed E-state index contributed by atoms with van der Waals surface area (Å²) in [6, 6.07) is 23.7. The van der Waals surface area contributed by atoms with E-state index in [-0.39, 0.29) is 22.7 Å². The average molecular weight is 475 g/mol. The van der Waals surface area contributed by atoms with Crippen molar-refractivity contribution < 1.29 is 22.5 Å². The number of nitrogens with one attached hydrogen (secondary N) is 1. The minimum atomic E-state index is -3.26. The van der Waals surface area contributed by atoms with Crippen LogP contribution in [0.25, 0.3) is 22.4 Å². The number of ether oxygens (including phenoxy) is 1. The molecule has 0 saturated heterocycles. The second-order valence-corrected chi connectivity index (χ2v) is 10.2. The highest BCUT2D eigenvalue weighted by Gasteiger charge is 2.27.